The molecule has 31 heavy (non-hydrogen) atoms. The van der Waals surface area contributed by atoms with Crippen LogP contribution in [0, 0.1) is 11.6 Å². The van der Waals surface area contributed by atoms with Crippen molar-refractivity contribution in [3.05, 3.63) is 65.4 Å². The van der Waals surface area contributed by atoms with Gasteiger partial charge < -0.3 is 14.4 Å². The molecular formula is C23H22F2N2O4. The minimum atomic E-state index is -1.13. The Bertz CT molecular complexity index is 1030. The van der Waals surface area contributed by atoms with E-state index in [1.165, 1.54) is 6.07 Å². The van der Waals surface area contributed by atoms with Crippen LogP contribution in [0.2, 0.25) is 0 Å². The Kier molecular flexibility index (Phi) is 5.99. The van der Waals surface area contributed by atoms with Gasteiger partial charge in [0.25, 0.3) is 11.8 Å². The Hall–Kier alpha value is -3.26. The number of anilines is 1. The number of nitrogens with zero attached hydrogens (tertiary/aromatic N) is 2. The fraction of sp³-hybridized carbons (Fsp3) is 0.304. The molecule has 2 amide bonds. The zero-order chi connectivity index (χ0) is 22.0. The highest BCUT2D eigenvalue weighted by Crippen LogP contribution is 2.36. The van der Waals surface area contributed by atoms with Gasteiger partial charge in [0, 0.05) is 19.2 Å². The predicted molar refractivity (Wildman–Crippen MR) is 110 cm³/mol. The Balaban J connectivity index is 1.75. The SMILES string of the molecule is CCCOc1ccc(C2=C(N3CCOCC3)C(=O)N(c3ccc(F)c(F)c3)C2=O)cc1. The third-order valence-corrected chi connectivity index (χ3v) is 5.16. The molecule has 4 rings (SSSR count). The van der Waals surface area contributed by atoms with Crippen LogP contribution in [0.3, 0.4) is 0 Å². The van der Waals surface area contributed by atoms with E-state index < -0.39 is 23.4 Å². The van der Waals surface area contributed by atoms with Crippen molar-refractivity contribution in [2.45, 2.75) is 13.3 Å². The molecule has 1 saturated heterocycles. The van der Waals surface area contributed by atoms with Crippen LogP contribution in [0.4, 0.5) is 14.5 Å². The normalized spacial score (nSPS) is 17.0. The first-order chi connectivity index (χ1) is 15.0. The topological polar surface area (TPSA) is 59.1 Å². The Morgan fingerprint density at radius 1 is 0.968 bits per heavy atom. The fourth-order valence-corrected chi connectivity index (χ4v) is 3.66. The highest BCUT2D eigenvalue weighted by molar-refractivity contribution is 6.45. The summed E-state index contributed by atoms with van der Waals surface area (Å²) in [5, 5.41) is 0. The molecule has 0 N–H and O–H groups in total. The van der Waals surface area contributed by atoms with Crippen LogP contribution >= 0.6 is 0 Å². The van der Waals surface area contributed by atoms with Crippen LogP contribution < -0.4 is 9.64 Å². The van der Waals surface area contributed by atoms with E-state index in [0.29, 0.717) is 44.2 Å². The number of halogens is 2. The number of imide groups is 1. The first-order valence-corrected chi connectivity index (χ1v) is 10.1. The third kappa shape index (κ3) is 4.03. The molecule has 2 aliphatic rings. The molecule has 0 unspecified atom stereocenters. The summed E-state index contributed by atoms with van der Waals surface area (Å²) >= 11 is 0. The summed E-state index contributed by atoms with van der Waals surface area (Å²) < 4.78 is 38.2. The van der Waals surface area contributed by atoms with E-state index in [1.54, 1.807) is 29.2 Å². The summed E-state index contributed by atoms with van der Waals surface area (Å²) in [5.74, 6) is -2.67. The highest BCUT2D eigenvalue weighted by atomic mass is 19.2. The van der Waals surface area contributed by atoms with Crippen LogP contribution in [0.1, 0.15) is 18.9 Å². The molecule has 2 aromatic carbocycles. The first-order valence-electron chi connectivity index (χ1n) is 10.1. The summed E-state index contributed by atoms with van der Waals surface area (Å²) in [5.41, 5.74) is 0.991. The number of benzene rings is 2. The van der Waals surface area contributed by atoms with E-state index in [4.69, 9.17) is 9.47 Å². The van der Waals surface area contributed by atoms with E-state index in [0.717, 1.165) is 23.5 Å². The summed E-state index contributed by atoms with van der Waals surface area (Å²) in [6, 6.07) is 9.90. The summed E-state index contributed by atoms with van der Waals surface area (Å²) in [4.78, 5) is 29.4. The molecule has 2 heterocycles. The van der Waals surface area contributed by atoms with Gasteiger partial charge in [0.1, 0.15) is 11.4 Å². The van der Waals surface area contributed by atoms with E-state index in [9.17, 15) is 18.4 Å². The van der Waals surface area contributed by atoms with Crippen LogP contribution in [-0.2, 0) is 14.3 Å². The molecule has 0 radical (unpaired) electrons. The Labute approximate surface area is 178 Å². The smallest absolute Gasteiger partial charge is 0.282 e. The number of carbonyl (C=O) groups excluding carboxylic acids is 2. The molecule has 0 saturated carbocycles. The van der Waals surface area contributed by atoms with Crippen LogP contribution in [0.15, 0.2) is 48.2 Å². The lowest BCUT2D eigenvalue weighted by atomic mass is 10.0. The predicted octanol–water partition coefficient (Wildman–Crippen LogP) is 3.37. The van der Waals surface area contributed by atoms with E-state index in [2.05, 4.69) is 0 Å². The molecule has 0 spiro atoms. The summed E-state index contributed by atoms with van der Waals surface area (Å²) in [6.07, 6.45) is 0.865. The molecular weight excluding hydrogens is 406 g/mol. The van der Waals surface area contributed by atoms with E-state index in [-0.39, 0.29) is 17.0 Å². The maximum Gasteiger partial charge on any atom is 0.282 e. The van der Waals surface area contributed by atoms with Crippen molar-refractivity contribution in [1.82, 2.24) is 4.90 Å². The third-order valence-electron chi connectivity index (χ3n) is 5.16. The molecule has 1 fully saturated rings. The van der Waals surface area contributed by atoms with Crippen molar-refractivity contribution in [3.8, 4) is 5.75 Å². The maximum atomic E-state index is 13.8. The standard InChI is InChI=1S/C23H22F2N2O4/c1-2-11-31-17-6-3-15(4-7-17)20-21(26-9-12-30-13-10-26)23(29)27(22(20)28)16-5-8-18(24)19(25)14-16/h3-8,14H,2,9-13H2,1H3. The summed E-state index contributed by atoms with van der Waals surface area (Å²) in [6.45, 7) is 4.31. The van der Waals surface area contributed by atoms with Crippen LogP contribution in [0.25, 0.3) is 5.57 Å². The van der Waals surface area contributed by atoms with Crippen molar-refractivity contribution in [1.29, 1.82) is 0 Å². The number of amides is 2. The highest BCUT2D eigenvalue weighted by Gasteiger charge is 2.43. The molecule has 8 heteroatoms. The second-order valence-corrected chi connectivity index (χ2v) is 7.24. The Morgan fingerprint density at radius 3 is 2.32 bits per heavy atom. The van der Waals surface area contributed by atoms with Gasteiger partial charge in [-0.2, -0.15) is 0 Å². The van der Waals surface area contributed by atoms with Gasteiger partial charge in [0.05, 0.1) is 31.1 Å². The minimum absolute atomic E-state index is 0.0161. The van der Waals surface area contributed by atoms with Gasteiger partial charge in [-0.05, 0) is 36.2 Å². The van der Waals surface area contributed by atoms with Gasteiger partial charge >= 0.3 is 0 Å². The average molecular weight is 428 g/mol. The second-order valence-electron chi connectivity index (χ2n) is 7.24. The quantitative estimate of drug-likeness (QED) is 0.661. The van der Waals surface area contributed by atoms with Gasteiger partial charge in [-0.1, -0.05) is 19.1 Å². The molecule has 0 atom stereocenters. The monoisotopic (exact) mass is 428 g/mol. The molecule has 0 aliphatic carbocycles. The molecule has 162 valence electrons. The largest absolute Gasteiger partial charge is 0.494 e. The zero-order valence-electron chi connectivity index (χ0n) is 17.1. The minimum Gasteiger partial charge on any atom is -0.494 e. The Morgan fingerprint density at radius 2 is 1.68 bits per heavy atom. The molecule has 2 aromatic rings. The van der Waals surface area contributed by atoms with Crippen molar-refractivity contribution in [2.75, 3.05) is 37.8 Å². The first kappa shape index (κ1) is 21.0. The van der Waals surface area contributed by atoms with Gasteiger partial charge in [-0.25, -0.2) is 13.7 Å². The van der Waals surface area contributed by atoms with Gasteiger partial charge in [0.15, 0.2) is 11.6 Å². The van der Waals surface area contributed by atoms with Crippen molar-refractivity contribution in [3.63, 3.8) is 0 Å². The van der Waals surface area contributed by atoms with Crippen molar-refractivity contribution >= 4 is 23.1 Å². The van der Waals surface area contributed by atoms with Gasteiger partial charge in [-0.15, -0.1) is 0 Å². The van der Waals surface area contributed by atoms with Crippen molar-refractivity contribution < 1.29 is 27.8 Å². The lowest BCUT2D eigenvalue weighted by molar-refractivity contribution is -0.121. The van der Waals surface area contributed by atoms with Gasteiger partial charge in [0.2, 0.25) is 0 Å². The van der Waals surface area contributed by atoms with E-state index in [1.807, 2.05) is 6.92 Å². The summed E-state index contributed by atoms with van der Waals surface area (Å²) in [7, 11) is 0. The maximum absolute atomic E-state index is 13.8. The number of hydrogen-bond acceptors (Lipinski definition) is 5. The lowest BCUT2D eigenvalue weighted by Gasteiger charge is -2.29. The number of carbonyl (C=O) groups is 2. The molecule has 6 nitrogen and oxygen atoms in total. The molecule has 2 aliphatic heterocycles. The fourth-order valence-electron chi connectivity index (χ4n) is 3.66. The lowest BCUT2D eigenvalue weighted by Crippen LogP contribution is -2.40. The van der Waals surface area contributed by atoms with E-state index >= 15 is 0 Å². The number of morpholine rings is 1. The number of hydrogen-bond donors (Lipinski definition) is 0. The van der Waals surface area contributed by atoms with Gasteiger partial charge in [-0.3, -0.25) is 9.59 Å². The zero-order valence-corrected chi connectivity index (χ0v) is 17.1. The average Bonchev–Trinajstić information content (AvgIpc) is 3.05. The van der Waals surface area contributed by atoms with Crippen molar-refractivity contribution in [2.24, 2.45) is 0 Å². The van der Waals surface area contributed by atoms with Crippen LogP contribution in [-0.4, -0.2) is 49.6 Å². The number of ether oxygens (including phenoxy) is 2. The molecule has 0 aromatic heterocycles. The number of rotatable bonds is 6. The van der Waals surface area contributed by atoms with Crippen LogP contribution in [0.5, 0.6) is 5.75 Å². The molecule has 0 bridgehead atoms. The second kappa shape index (κ2) is 8.85.